The van der Waals surface area contributed by atoms with Crippen LogP contribution in [0.15, 0.2) is 0 Å². The Morgan fingerprint density at radius 2 is 1.00 bits per heavy atom. The Morgan fingerprint density at radius 1 is 0.531 bits per heavy atom. The van der Waals surface area contributed by atoms with Gasteiger partial charge >= 0.3 is 0 Å². The van der Waals surface area contributed by atoms with E-state index < -0.39 is 0 Å². The Balaban J connectivity index is 1.62. The third kappa shape index (κ3) is 21.5. The first-order chi connectivity index (χ1) is 15.9. The van der Waals surface area contributed by atoms with Crippen molar-refractivity contribution < 1.29 is 37.9 Å². The molecule has 0 spiro atoms. The molecule has 1 unspecified atom stereocenters. The second kappa shape index (κ2) is 25.3. The third-order valence-electron chi connectivity index (χ3n) is 4.92. The molecule has 0 bridgehead atoms. The van der Waals surface area contributed by atoms with Gasteiger partial charge in [0, 0.05) is 13.2 Å². The molecule has 0 radical (unpaired) electrons. The fourth-order valence-corrected chi connectivity index (χ4v) is 3.09. The van der Waals surface area contributed by atoms with Gasteiger partial charge in [0.05, 0.1) is 79.3 Å². The maximum atomic E-state index is 5.60. The molecule has 1 heterocycles. The average Bonchev–Trinajstić information content (AvgIpc) is 2.82. The van der Waals surface area contributed by atoms with E-state index in [0.717, 1.165) is 32.5 Å². The van der Waals surface area contributed by atoms with Gasteiger partial charge in [-0.05, 0) is 25.7 Å². The van der Waals surface area contributed by atoms with Gasteiger partial charge in [-0.2, -0.15) is 0 Å². The van der Waals surface area contributed by atoms with Crippen LogP contribution >= 0.6 is 0 Å². The highest BCUT2D eigenvalue weighted by Crippen LogP contribution is 2.13. The van der Waals surface area contributed by atoms with Crippen LogP contribution in [0.25, 0.3) is 0 Å². The van der Waals surface area contributed by atoms with Crippen LogP contribution in [-0.2, 0) is 37.9 Å². The number of hydrogen-bond donors (Lipinski definition) is 0. The van der Waals surface area contributed by atoms with Gasteiger partial charge in [0.1, 0.15) is 0 Å². The SMILES string of the molecule is CCCCCCCOCCOCCOCCOCCOCCOCCOC1CCCCO1. The van der Waals surface area contributed by atoms with Crippen LogP contribution in [-0.4, -0.2) is 98.8 Å². The largest absolute Gasteiger partial charge is 0.379 e. The van der Waals surface area contributed by atoms with E-state index in [-0.39, 0.29) is 6.29 Å². The summed E-state index contributed by atoms with van der Waals surface area (Å²) in [6.07, 6.45) is 9.57. The zero-order chi connectivity index (χ0) is 22.8. The average molecular weight is 465 g/mol. The monoisotopic (exact) mass is 464 g/mol. The predicted octanol–water partition coefficient (Wildman–Crippen LogP) is 3.60. The molecule has 0 N–H and O–H groups in total. The van der Waals surface area contributed by atoms with E-state index in [9.17, 15) is 0 Å². The van der Waals surface area contributed by atoms with Crippen LogP contribution < -0.4 is 0 Å². The van der Waals surface area contributed by atoms with E-state index in [1.165, 1.54) is 32.1 Å². The van der Waals surface area contributed by atoms with Crippen molar-refractivity contribution in [3.63, 3.8) is 0 Å². The summed E-state index contributed by atoms with van der Waals surface area (Å²) in [5.41, 5.74) is 0. The van der Waals surface area contributed by atoms with Crippen LogP contribution in [0, 0.1) is 0 Å². The molecule has 0 saturated carbocycles. The van der Waals surface area contributed by atoms with Gasteiger partial charge in [-0.1, -0.05) is 32.6 Å². The quantitative estimate of drug-likeness (QED) is 0.190. The normalized spacial score (nSPS) is 16.6. The standard InChI is InChI=1S/C24H48O8/c1-2-3-4-5-7-10-25-12-13-26-14-15-27-16-17-28-18-19-29-20-21-30-22-23-32-24-9-6-8-11-31-24/h24H,2-23H2,1H3. The topological polar surface area (TPSA) is 73.8 Å². The number of rotatable bonds is 25. The summed E-state index contributed by atoms with van der Waals surface area (Å²) in [6.45, 7) is 10.8. The molecule has 1 atom stereocenters. The smallest absolute Gasteiger partial charge is 0.157 e. The fraction of sp³-hybridized carbons (Fsp3) is 1.00. The minimum atomic E-state index is -0.0495. The Bertz CT molecular complexity index is 353. The first kappa shape index (κ1) is 29.7. The predicted molar refractivity (Wildman–Crippen MR) is 123 cm³/mol. The number of unbranched alkanes of at least 4 members (excludes halogenated alkanes) is 4. The molecule has 1 fully saturated rings. The molecular weight excluding hydrogens is 416 g/mol. The van der Waals surface area contributed by atoms with E-state index in [1.807, 2.05) is 0 Å². The molecule has 0 aliphatic carbocycles. The molecule has 1 aliphatic heterocycles. The maximum absolute atomic E-state index is 5.60. The van der Waals surface area contributed by atoms with E-state index in [1.54, 1.807) is 0 Å². The Hall–Kier alpha value is -0.320. The number of hydrogen-bond acceptors (Lipinski definition) is 8. The van der Waals surface area contributed by atoms with E-state index in [2.05, 4.69) is 6.92 Å². The van der Waals surface area contributed by atoms with E-state index in [4.69, 9.17) is 37.9 Å². The first-order valence-electron chi connectivity index (χ1n) is 12.6. The molecule has 32 heavy (non-hydrogen) atoms. The summed E-state index contributed by atoms with van der Waals surface area (Å²) in [5.74, 6) is 0. The molecule has 8 nitrogen and oxygen atoms in total. The highest BCUT2D eigenvalue weighted by molar-refractivity contribution is 4.53. The minimum Gasteiger partial charge on any atom is -0.379 e. The van der Waals surface area contributed by atoms with Crippen molar-refractivity contribution in [3.05, 3.63) is 0 Å². The molecule has 0 aromatic rings. The fourth-order valence-electron chi connectivity index (χ4n) is 3.09. The van der Waals surface area contributed by atoms with E-state index in [0.29, 0.717) is 79.3 Å². The first-order valence-corrected chi connectivity index (χ1v) is 12.6. The van der Waals surface area contributed by atoms with Crippen LogP contribution in [0.5, 0.6) is 0 Å². The second-order valence-electron chi connectivity index (χ2n) is 7.76. The van der Waals surface area contributed by atoms with Gasteiger partial charge in [0.2, 0.25) is 0 Å². The minimum absolute atomic E-state index is 0.0495. The summed E-state index contributed by atoms with van der Waals surface area (Å²) in [7, 11) is 0. The zero-order valence-corrected chi connectivity index (χ0v) is 20.4. The van der Waals surface area contributed by atoms with Gasteiger partial charge in [0.25, 0.3) is 0 Å². The van der Waals surface area contributed by atoms with Crippen LogP contribution in [0.1, 0.15) is 58.3 Å². The van der Waals surface area contributed by atoms with Crippen molar-refractivity contribution in [2.75, 3.05) is 92.5 Å². The number of ether oxygens (including phenoxy) is 8. The maximum Gasteiger partial charge on any atom is 0.157 e. The van der Waals surface area contributed by atoms with Crippen LogP contribution in [0.4, 0.5) is 0 Å². The van der Waals surface area contributed by atoms with Gasteiger partial charge in [-0.15, -0.1) is 0 Å². The van der Waals surface area contributed by atoms with Crippen molar-refractivity contribution in [1.29, 1.82) is 0 Å². The summed E-state index contributed by atoms with van der Waals surface area (Å²) in [5, 5.41) is 0. The molecule has 0 aromatic carbocycles. The van der Waals surface area contributed by atoms with Crippen molar-refractivity contribution in [1.82, 2.24) is 0 Å². The highest BCUT2D eigenvalue weighted by Gasteiger charge is 2.13. The second-order valence-corrected chi connectivity index (χ2v) is 7.76. The summed E-state index contributed by atoms with van der Waals surface area (Å²) in [6, 6.07) is 0. The lowest BCUT2D eigenvalue weighted by Crippen LogP contribution is -2.24. The van der Waals surface area contributed by atoms with Crippen molar-refractivity contribution in [3.8, 4) is 0 Å². The van der Waals surface area contributed by atoms with Crippen molar-refractivity contribution >= 4 is 0 Å². The van der Waals surface area contributed by atoms with Gasteiger partial charge in [0.15, 0.2) is 6.29 Å². The lowest BCUT2D eigenvalue weighted by molar-refractivity contribution is -0.169. The molecule has 8 heteroatoms. The molecule has 1 saturated heterocycles. The van der Waals surface area contributed by atoms with Gasteiger partial charge < -0.3 is 37.9 Å². The van der Waals surface area contributed by atoms with Crippen molar-refractivity contribution in [2.24, 2.45) is 0 Å². The van der Waals surface area contributed by atoms with Crippen LogP contribution in [0.2, 0.25) is 0 Å². The van der Waals surface area contributed by atoms with Gasteiger partial charge in [-0.3, -0.25) is 0 Å². The Labute approximate surface area is 195 Å². The molecule has 0 aromatic heterocycles. The lowest BCUT2D eigenvalue weighted by Gasteiger charge is -2.22. The molecule has 192 valence electrons. The molecule has 0 amide bonds. The highest BCUT2D eigenvalue weighted by atomic mass is 16.7. The summed E-state index contributed by atoms with van der Waals surface area (Å²) < 4.78 is 44.0. The Kier molecular flexibility index (Phi) is 23.5. The van der Waals surface area contributed by atoms with Crippen LogP contribution in [0.3, 0.4) is 0 Å². The van der Waals surface area contributed by atoms with E-state index >= 15 is 0 Å². The summed E-state index contributed by atoms with van der Waals surface area (Å²) >= 11 is 0. The Morgan fingerprint density at radius 3 is 1.47 bits per heavy atom. The molecule has 1 rings (SSSR count). The lowest BCUT2D eigenvalue weighted by atomic mass is 10.2. The molecular formula is C24H48O8. The summed E-state index contributed by atoms with van der Waals surface area (Å²) in [4.78, 5) is 0. The third-order valence-corrected chi connectivity index (χ3v) is 4.92. The zero-order valence-electron chi connectivity index (χ0n) is 20.4. The van der Waals surface area contributed by atoms with Crippen molar-refractivity contribution in [2.45, 2.75) is 64.6 Å². The van der Waals surface area contributed by atoms with Gasteiger partial charge in [-0.25, -0.2) is 0 Å². The molecule has 1 aliphatic rings.